The van der Waals surface area contributed by atoms with Gasteiger partial charge in [0.2, 0.25) is 0 Å². The van der Waals surface area contributed by atoms with Crippen LogP contribution < -0.4 is 4.74 Å². The minimum atomic E-state index is 0.851. The maximum Gasteiger partial charge on any atom is 0.118 e. The van der Waals surface area contributed by atoms with E-state index in [0.29, 0.717) is 0 Å². The van der Waals surface area contributed by atoms with E-state index < -0.39 is 0 Å². The predicted octanol–water partition coefficient (Wildman–Crippen LogP) is 3.15. The van der Waals surface area contributed by atoms with E-state index in [1.54, 1.807) is 25.7 Å². The molecule has 19 heavy (non-hydrogen) atoms. The fraction of sp³-hybridized carbons (Fsp3) is 0.0667. The maximum absolute atomic E-state index is 5.15. The lowest BCUT2D eigenvalue weighted by Gasteiger charge is -2.01. The second-order valence-corrected chi connectivity index (χ2v) is 4.12. The monoisotopic (exact) mass is 251 g/mol. The molecule has 3 rings (SSSR count). The van der Waals surface area contributed by atoms with Crippen LogP contribution in [0.2, 0.25) is 0 Å². The number of rotatable bonds is 3. The molecule has 1 N–H and O–H groups in total. The predicted molar refractivity (Wildman–Crippen MR) is 73.8 cm³/mol. The molecule has 0 fully saturated rings. The number of methoxy groups -OCH3 is 1. The summed E-state index contributed by atoms with van der Waals surface area (Å²) in [4.78, 5) is 11.6. The average Bonchev–Trinajstić information content (AvgIpc) is 2.98. The van der Waals surface area contributed by atoms with Crippen LogP contribution >= 0.6 is 0 Å². The minimum absolute atomic E-state index is 0.851. The lowest BCUT2D eigenvalue weighted by molar-refractivity contribution is 0.415. The fourth-order valence-corrected chi connectivity index (χ4v) is 1.93. The molecule has 0 amide bonds. The Kier molecular flexibility index (Phi) is 2.98. The van der Waals surface area contributed by atoms with Gasteiger partial charge >= 0.3 is 0 Å². The third-order valence-electron chi connectivity index (χ3n) is 2.94. The highest BCUT2D eigenvalue weighted by Crippen LogP contribution is 2.25. The number of hydrogen-bond acceptors (Lipinski definition) is 3. The Morgan fingerprint density at radius 2 is 1.89 bits per heavy atom. The van der Waals surface area contributed by atoms with Crippen molar-refractivity contribution in [2.24, 2.45) is 0 Å². The van der Waals surface area contributed by atoms with Crippen LogP contribution in [-0.2, 0) is 0 Å². The van der Waals surface area contributed by atoms with Gasteiger partial charge < -0.3 is 9.72 Å². The van der Waals surface area contributed by atoms with Crippen LogP contribution in [0, 0.1) is 0 Å². The minimum Gasteiger partial charge on any atom is -0.497 e. The zero-order chi connectivity index (χ0) is 13.1. The molecule has 0 saturated carbocycles. The first-order chi connectivity index (χ1) is 9.36. The number of benzene rings is 1. The molecule has 0 saturated heterocycles. The second-order valence-electron chi connectivity index (χ2n) is 4.12. The first-order valence-electron chi connectivity index (χ1n) is 5.96. The molecule has 0 spiro atoms. The number of hydrogen-bond donors (Lipinski definition) is 1. The van der Waals surface area contributed by atoms with Crippen molar-refractivity contribution in [1.29, 1.82) is 0 Å². The van der Waals surface area contributed by atoms with Gasteiger partial charge in [-0.15, -0.1) is 0 Å². The van der Waals surface area contributed by atoms with Gasteiger partial charge in [-0.05, 0) is 35.9 Å². The van der Waals surface area contributed by atoms with Gasteiger partial charge in [0.1, 0.15) is 5.75 Å². The number of aromatic nitrogens is 3. The summed E-state index contributed by atoms with van der Waals surface area (Å²) in [5.74, 6) is 0.851. The molecule has 4 nitrogen and oxygen atoms in total. The van der Waals surface area contributed by atoms with Gasteiger partial charge in [0.05, 0.1) is 19.0 Å². The summed E-state index contributed by atoms with van der Waals surface area (Å²) in [7, 11) is 1.66. The highest BCUT2D eigenvalue weighted by Gasteiger charge is 2.05. The van der Waals surface area contributed by atoms with Gasteiger partial charge in [-0.25, -0.2) is 0 Å². The van der Waals surface area contributed by atoms with Gasteiger partial charge in [-0.3, -0.25) is 9.97 Å². The molecular formula is C15H13N3O. The largest absolute Gasteiger partial charge is 0.497 e. The van der Waals surface area contributed by atoms with Gasteiger partial charge in [0, 0.05) is 29.8 Å². The number of nitrogens with one attached hydrogen (secondary N) is 1. The summed E-state index contributed by atoms with van der Waals surface area (Å²) >= 11 is 0. The maximum atomic E-state index is 5.15. The van der Waals surface area contributed by atoms with Crippen molar-refractivity contribution in [3.8, 4) is 28.3 Å². The summed E-state index contributed by atoms with van der Waals surface area (Å²) in [6.45, 7) is 0. The van der Waals surface area contributed by atoms with Crippen molar-refractivity contribution < 1.29 is 4.74 Å². The normalized spacial score (nSPS) is 10.4. The van der Waals surface area contributed by atoms with Gasteiger partial charge in [-0.1, -0.05) is 0 Å². The third kappa shape index (κ3) is 2.33. The molecule has 3 aromatic rings. The van der Waals surface area contributed by atoms with E-state index in [2.05, 4.69) is 21.0 Å². The van der Waals surface area contributed by atoms with E-state index in [1.807, 2.05) is 30.5 Å². The number of H-pyrrole nitrogens is 1. The Hall–Kier alpha value is -2.62. The second kappa shape index (κ2) is 4.94. The fourth-order valence-electron chi connectivity index (χ4n) is 1.93. The molecule has 0 aliphatic rings. The zero-order valence-corrected chi connectivity index (χ0v) is 10.5. The average molecular weight is 251 g/mol. The van der Waals surface area contributed by atoms with Gasteiger partial charge in [0.25, 0.3) is 0 Å². The summed E-state index contributed by atoms with van der Waals surface area (Å²) in [5.41, 5.74) is 4.04. The van der Waals surface area contributed by atoms with Crippen LogP contribution in [0.25, 0.3) is 22.5 Å². The Morgan fingerprint density at radius 1 is 1.05 bits per heavy atom. The first-order valence-corrected chi connectivity index (χ1v) is 5.96. The van der Waals surface area contributed by atoms with Crippen molar-refractivity contribution in [3.05, 3.63) is 55.1 Å². The SMILES string of the molecule is COc1ccc(-c2cc(-c3cnccn3)c[nH]2)cc1. The summed E-state index contributed by atoms with van der Waals surface area (Å²) < 4.78 is 5.15. The van der Waals surface area contributed by atoms with Crippen molar-refractivity contribution in [1.82, 2.24) is 15.0 Å². The lowest BCUT2D eigenvalue weighted by atomic mass is 10.1. The van der Waals surface area contributed by atoms with Crippen LogP contribution in [0.1, 0.15) is 0 Å². The summed E-state index contributed by atoms with van der Waals surface area (Å²) in [6.07, 6.45) is 7.04. The molecule has 0 atom stereocenters. The smallest absolute Gasteiger partial charge is 0.118 e. The molecule has 0 radical (unpaired) electrons. The van der Waals surface area contributed by atoms with Crippen LogP contribution in [0.3, 0.4) is 0 Å². The first kappa shape index (κ1) is 11.5. The third-order valence-corrected chi connectivity index (χ3v) is 2.94. The molecule has 2 heterocycles. The molecule has 4 heteroatoms. The number of nitrogens with zero attached hydrogens (tertiary/aromatic N) is 2. The summed E-state index contributed by atoms with van der Waals surface area (Å²) in [5, 5.41) is 0. The Labute approximate surface area is 111 Å². The van der Waals surface area contributed by atoms with Crippen LogP contribution in [0.15, 0.2) is 55.1 Å². The van der Waals surface area contributed by atoms with Crippen LogP contribution in [0.4, 0.5) is 0 Å². The molecule has 0 unspecified atom stereocenters. The molecule has 0 aliphatic heterocycles. The van der Waals surface area contributed by atoms with E-state index >= 15 is 0 Å². The van der Waals surface area contributed by atoms with Crippen molar-refractivity contribution in [3.63, 3.8) is 0 Å². The van der Waals surface area contributed by atoms with E-state index in [1.165, 1.54) is 0 Å². The number of aromatic amines is 1. The van der Waals surface area contributed by atoms with Gasteiger partial charge in [0.15, 0.2) is 0 Å². The Morgan fingerprint density at radius 3 is 2.58 bits per heavy atom. The quantitative estimate of drug-likeness (QED) is 0.778. The van der Waals surface area contributed by atoms with Crippen molar-refractivity contribution >= 4 is 0 Å². The van der Waals surface area contributed by atoms with E-state index in [-0.39, 0.29) is 0 Å². The Bertz CT molecular complexity index is 659. The standard InChI is InChI=1S/C15H13N3O/c1-19-13-4-2-11(3-5-13)14-8-12(9-18-14)15-10-16-6-7-17-15/h2-10,18H,1H3. The highest BCUT2D eigenvalue weighted by molar-refractivity contribution is 5.69. The molecule has 2 aromatic heterocycles. The molecule has 0 aliphatic carbocycles. The van der Waals surface area contributed by atoms with E-state index in [0.717, 1.165) is 28.3 Å². The highest BCUT2D eigenvalue weighted by atomic mass is 16.5. The Balaban J connectivity index is 1.92. The molecule has 0 bridgehead atoms. The summed E-state index contributed by atoms with van der Waals surface area (Å²) in [6, 6.07) is 9.98. The van der Waals surface area contributed by atoms with Crippen LogP contribution in [-0.4, -0.2) is 22.1 Å². The van der Waals surface area contributed by atoms with Crippen LogP contribution in [0.5, 0.6) is 5.75 Å². The molecule has 1 aromatic carbocycles. The lowest BCUT2D eigenvalue weighted by Crippen LogP contribution is -1.82. The number of ether oxygens (including phenoxy) is 1. The molecular weight excluding hydrogens is 238 g/mol. The topological polar surface area (TPSA) is 50.8 Å². The van der Waals surface area contributed by atoms with E-state index in [4.69, 9.17) is 4.74 Å². The zero-order valence-electron chi connectivity index (χ0n) is 10.5. The van der Waals surface area contributed by atoms with Crippen molar-refractivity contribution in [2.45, 2.75) is 0 Å². The molecule has 94 valence electrons. The van der Waals surface area contributed by atoms with Gasteiger partial charge in [-0.2, -0.15) is 0 Å². The van der Waals surface area contributed by atoms with E-state index in [9.17, 15) is 0 Å². The van der Waals surface area contributed by atoms with Crippen molar-refractivity contribution in [2.75, 3.05) is 7.11 Å².